The van der Waals surface area contributed by atoms with Gasteiger partial charge in [-0.3, -0.25) is 4.79 Å². The summed E-state index contributed by atoms with van der Waals surface area (Å²) in [5.74, 6) is -0.0293. The Kier molecular flexibility index (Phi) is 3.89. The van der Waals surface area contributed by atoms with Crippen molar-refractivity contribution in [3.8, 4) is 0 Å². The average Bonchev–Trinajstić information content (AvgIpc) is 2.13. The summed E-state index contributed by atoms with van der Waals surface area (Å²) < 4.78 is 0. The second kappa shape index (κ2) is 4.75. The zero-order chi connectivity index (χ0) is 14.1. The van der Waals surface area contributed by atoms with Crippen LogP contribution in [0.4, 0.5) is 5.69 Å². The maximum Gasteiger partial charge on any atom is 0.221 e. The summed E-state index contributed by atoms with van der Waals surface area (Å²) in [7, 11) is 0. The minimum Gasteiger partial charge on any atom is -0.326 e. The number of carbonyl (C=O) groups excluding carboxylic acids is 1. The highest BCUT2D eigenvalue weighted by Crippen LogP contribution is 2.35. The van der Waals surface area contributed by atoms with Crippen LogP contribution in [-0.4, -0.2) is 5.91 Å². The molecule has 0 radical (unpaired) electrons. The van der Waals surface area contributed by atoms with E-state index in [1.807, 2.05) is 6.07 Å². The molecule has 1 aromatic rings. The van der Waals surface area contributed by atoms with Crippen LogP contribution in [-0.2, 0) is 15.6 Å². The van der Waals surface area contributed by atoms with Gasteiger partial charge in [0.05, 0.1) is 0 Å². The normalized spacial score (nSPS) is 12.4. The lowest BCUT2D eigenvalue weighted by molar-refractivity contribution is -0.114. The molecule has 0 aliphatic rings. The van der Waals surface area contributed by atoms with Crippen molar-refractivity contribution in [2.75, 3.05) is 5.32 Å². The van der Waals surface area contributed by atoms with E-state index >= 15 is 0 Å². The van der Waals surface area contributed by atoms with Gasteiger partial charge in [0, 0.05) is 12.6 Å². The molecule has 18 heavy (non-hydrogen) atoms. The van der Waals surface area contributed by atoms with Gasteiger partial charge in [-0.25, -0.2) is 0 Å². The first-order valence-electron chi connectivity index (χ1n) is 6.44. The lowest BCUT2D eigenvalue weighted by Gasteiger charge is -2.30. The average molecular weight is 247 g/mol. The number of anilines is 1. The molecule has 0 heterocycles. The monoisotopic (exact) mass is 247 g/mol. The van der Waals surface area contributed by atoms with Crippen LogP contribution in [0, 0.1) is 0 Å². The van der Waals surface area contributed by atoms with Gasteiger partial charge < -0.3 is 5.32 Å². The van der Waals surface area contributed by atoms with Crippen molar-refractivity contribution in [2.45, 2.75) is 59.3 Å². The van der Waals surface area contributed by atoms with Crippen molar-refractivity contribution >= 4 is 11.6 Å². The fourth-order valence-corrected chi connectivity index (χ4v) is 2.10. The molecule has 2 nitrogen and oxygen atoms in total. The highest BCUT2D eigenvalue weighted by Gasteiger charge is 2.25. The highest BCUT2D eigenvalue weighted by molar-refractivity contribution is 5.88. The number of rotatable bonds is 1. The van der Waals surface area contributed by atoms with Crippen molar-refractivity contribution in [3.63, 3.8) is 0 Å². The van der Waals surface area contributed by atoms with E-state index in [-0.39, 0.29) is 16.7 Å². The number of carbonyl (C=O) groups is 1. The maximum atomic E-state index is 11.1. The van der Waals surface area contributed by atoms with E-state index in [4.69, 9.17) is 0 Å². The van der Waals surface area contributed by atoms with E-state index in [2.05, 4.69) is 59.0 Å². The largest absolute Gasteiger partial charge is 0.326 e. The van der Waals surface area contributed by atoms with Crippen molar-refractivity contribution in [3.05, 3.63) is 29.3 Å². The van der Waals surface area contributed by atoms with Crippen molar-refractivity contribution in [2.24, 2.45) is 0 Å². The number of benzene rings is 1. The zero-order valence-corrected chi connectivity index (χ0v) is 12.6. The summed E-state index contributed by atoms with van der Waals surface area (Å²) in [6.07, 6.45) is 0. The molecule has 0 spiro atoms. The van der Waals surface area contributed by atoms with Gasteiger partial charge in [-0.05, 0) is 34.1 Å². The molecule has 0 saturated carbocycles. The molecule has 0 unspecified atom stereocenters. The van der Waals surface area contributed by atoms with Gasteiger partial charge in [-0.15, -0.1) is 0 Å². The Morgan fingerprint density at radius 2 is 1.44 bits per heavy atom. The van der Waals surface area contributed by atoms with Crippen LogP contribution >= 0.6 is 0 Å². The Morgan fingerprint density at radius 1 is 0.944 bits per heavy atom. The molecule has 1 amide bonds. The lowest BCUT2D eigenvalue weighted by atomic mass is 9.75. The minimum absolute atomic E-state index is 0.0293. The second-order valence-corrected chi connectivity index (χ2v) is 6.94. The Labute approximate surface area is 111 Å². The van der Waals surface area contributed by atoms with Crippen molar-refractivity contribution in [1.82, 2.24) is 0 Å². The molecule has 1 rings (SSSR count). The number of hydrogen-bond acceptors (Lipinski definition) is 1. The molecule has 0 saturated heterocycles. The van der Waals surface area contributed by atoms with Gasteiger partial charge in [0.15, 0.2) is 0 Å². The molecule has 1 aromatic carbocycles. The van der Waals surface area contributed by atoms with Crippen LogP contribution in [0.25, 0.3) is 0 Å². The first-order chi connectivity index (χ1) is 8.01. The van der Waals surface area contributed by atoms with E-state index in [9.17, 15) is 4.79 Å². The molecule has 0 bridgehead atoms. The van der Waals surface area contributed by atoms with Crippen LogP contribution in [0.2, 0.25) is 0 Å². The summed E-state index contributed by atoms with van der Waals surface area (Å²) in [6.45, 7) is 14.8. The Hall–Kier alpha value is -1.31. The standard InChI is InChI=1S/C16H25NO/c1-11(18)17-12-8-9-13(15(2,3)4)14(10-12)16(5,6)7/h8-10H,1-7H3,(H,17,18). The van der Waals surface area contributed by atoms with Gasteiger partial charge in [0.2, 0.25) is 5.91 Å². The topological polar surface area (TPSA) is 29.1 Å². The van der Waals surface area contributed by atoms with E-state index in [0.717, 1.165) is 5.69 Å². The van der Waals surface area contributed by atoms with E-state index < -0.39 is 0 Å². The van der Waals surface area contributed by atoms with Crippen LogP contribution in [0.5, 0.6) is 0 Å². The van der Waals surface area contributed by atoms with Crippen LogP contribution in [0.1, 0.15) is 59.6 Å². The third-order valence-corrected chi connectivity index (χ3v) is 2.96. The summed E-state index contributed by atoms with van der Waals surface area (Å²) in [6, 6.07) is 6.21. The molecule has 1 N–H and O–H groups in total. The molecule has 0 aromatic heterocycles. The van der Waals surface area contributed by atoms with Crippen LogP contribution in [0.3, 0.4) is 0 Å². The number of hydrogen-bond donors (Lipinski definition) is 1. The Bertz CT molecular complexity index is 447. The number of nitrogens with one attached hydrogen (secondary N) is 1. The molecule has 0 aliphatic heterocycles. The van der Waals surface area contributed by atoms with Crippen molar-refractivity contribution in [1.29, 1.82) is 0 Å². The lowest BCUT2D eigenvalue weighted by Crippen LogP contribution is -2.22. The molecule has 0 aliphatic carbocycles. The predicted octanol–water partition coefficient (Wildman–Crippen LogP) is 4.24. The molecular weight excluding hydrogens is 222 g/mol. The van der Waals surface area contributed by atoms with Gasteiger partial charge in [-0.2, -0.15) is 0 Å². The van der Waals surface area contributed by atoms with E-state index in [1.165, 1.54) is 18.1 Å². The molecule has 0 atom stereocenters. The summed E-state index contributed by atoms with van der Waals surface area (Å²) in [4.78, 5) is 11.1. The smallest absolute Gasteiger partial charge is 0.221 e. The quantitative estimate of drug-likeness (QED) is 0.790. The third kappa shape index (κ3) is 3.59. The molecule has 0 fully saturated rings. The third-order valence-electron chi connectivity index (χ3n) is 2.96. The minimum atomic E-state index is -0.0293. The zero-order valence-electron chi connectivity index (χ0n) is 12.6. The SMILES string of the molecule is CC(=O)Nc1ccc(C(C)(C)C)c(C(C)(C)C)c1. The second-order valence-electron chi connectivity index (χ2n) is 6.94. The summed E-state index contributed by atoms with van der Waals surface area (Å²) in [5, 5.41) is 2.86. The van der Waals surface area contributed by atoms with Gasteiger partial charge in [0.25, 0.3) is 0 Å². The maximum absolute atomic E-state index is 11.1. The van der Waals surface area contributed by atoms with Crippen LogP contribution in [0.15, 0.2) is 18.2 Å². The predicted molar refractivity (Wildman–Crippen MR) is 78.1 cm³/mol. The van der Waals surface area contributed by atoms with E-state index in [1.54, 1.807) is 0 Å². The molecule has 100 valence electrons. The van der Waals surface area contributed by atoms with E-state index in [0.29, 0.717) is 0 Å². The van der Waals surface area contributed by atoms with Gasteiger partial charge >= 0.3 is 0 Å². The summed E-state index contributed by atoms with van der Waals surface area (Å²) in [5.41, 5.74) is 3.68. The van der Waals surface area contributed by atoms with Gasteiger partial charge in [-0.1, -0.05) is 47.6 Å². The van der Waals surface area contributed by atoms with Gasteiger partial charge in [0.1, 0.15) is 0 Å². The van der Waals surface area contributed by atoms with Crippen molar-refractivity contribution < 1.29 is 4.79 Å². The first-order valence-corrected chi connectivity index (χ1v) is 6.44. The first kappa shape index (κ1) is 14.7. The fraction of sp³-hybridized carbons (Fsp3) is 0.562. The highest BCUT2D eigenvalue weighted by atomic mass is 16.1. The van der Waals surface area contributed by atoms with Crippen LogP contribution < -0.4 is 5.32 Å². The number of amides is 1. The molecule has 2 heteroatoms. The molecular formula is C16H25NO. The summed E-state index contributed by atoms with van der Waals surface area (Å²) >= 11 is 0. The Morgan fingerprint density at radius 3 is 1.83 bits per heavy atom. The Balaban J connectivity index is 3.35. The fourth-order valence-electron chi connectivity index (χ4n) is 2.10.